The van der Waals surface area contributed by atoms with Gasteiger partial charge in [0.05, 0.1) is 19.3 Å². The monoisotopic (exact) mass is 268 g/mol. The van der Waals surface area contributed by atoms with Gasteiger partial charge in [0, 0.05) is 6.20 Å². The van der Waals surface area contributed by atoms with Gasteiger partial charge in [-0.15, -0.1) is 0 Å². The van der Waals surface area contributed by atoms with Crippen LogP contribution in [0.2, 0.25) is 0 Å². The van der Waals surface area contributed by atoms with Crippen LogP contribution in [0, 0.1) is 0 Å². The Labute approximate surface area is 108 Å². The van der Waals surface area contributed by atoms with Crippen LogP contribution in [0.1, 0.15) is 36.0 Å². The fourth-order valence-electron chi connectivity index (χ4n) is 2.20. The summed E-state index contributed by atoms with van der Waals surface area (Å²) in [5.74, 6) is -1.35. The van der Waals surface area contributed by atoms with E-state index in [4.69, 9.17) is 9.84 Å². The molecule has 104 valence electrons. The number of H-pyrrole nitrogens is 1. The summed E-state index contributed by atoms with van der Waals surface area (Å²) in [6.07, 6.45) is 5.67. The van der Waals surface area contributed by atoms with E-state index in [-0.39, 0.29) is 12.6 Å². The number of aromatic carboxylic acids is 1. The average Bonchev–Trinajstić information content (AvgIpc) is 2.84. The minimum atomic E-state index is -1.35. The number of carboxylic acids is 1. The Kier molecular flexibility index (Phi) is 4.16. The molecule has 0 radical (unpaired) electrons. The molecule has 0 saturated heterocycles. The lowest BCUT2D eigenvalue weighted by molar-refractivity contribution is 0.0521. The maximum absolute atomic E-state index is 11.5. The Balaban J connectivity index is 2.03. The van der Waals surface area contributed by atoms with Crippen LogP contribution in [0.15, 0.2) is 15.8 Å². The number of nitrogens with zero attached hydrogens (tertiary/aromatic N) is 1. The molecule has 1 fully saturated rings. The smallest absolute Gasteiger partial charge is 0.342 e. The number of rotatable bonds is 5. The number of aromatic amines is 1. The van der Waals surface area contributed by atoms with Gasteiger partial charge in [-0.1, -0.05) is 12.8 Å². The average molecular weight is 268 g/mol. The summed E-state index contributed by atoms with van der Waals surface area (Å²) in [7, 11) is 0. The highest BCUT2D eigenvalue weighted by molar-refractivity contribution is 5.86. The summed E-state index contributed by atoms with van der Waals surface area (Å²) < 4.78 is 6.75. The number of carbonyl (C=O) groups is 1. The highest BCUT2D eigenvalue weighted by Crippen LogP contribution is 2.20. The largest absolute Gasteiger partial charge is 0.477 e. The molecule has 0 bridgehead atoms. The van der Waals surface area contributed by atoms with Crippen molar-refractivity contribution in [1.29, 1.82) is 0 Å². The summed E-state index contributed by atoms with van der Waals surface area (Å²) in [6.45, 7) is 0.558. The van der Waals surface area contributed by atoms with Gasteiger partial charge in [0.15, 0.2) is 0 Å². The third-order valence-corrected chi connectivity index (χ3v) is 3.23. The maximum atomic E-state index is 11.5. The molecule has 1 aliphatic carbocycles. The van der Waals surface area contributed by atoms with Gasteiger partial charge in [-0.25, -0.2) is 9.59 Å². The summed E-state index contributed by atoms with van der Waals surface area (Å²) in [5.41, 5.74) is -1.95. The zero-order valence-electron chi connectivity index (χ0n) is 10.4. The van der Waals surface area contributed by atoms with E-state index in [1.54, 1.807) is 0 Å². The maximum Gasteiger partial charge on any atom is 0.342 e. The van der Waals surface area contributed by atoms with Crippen molar-refractivity contribution >= 4 is 5.97 Å². The molecule has 7 nitrogen and oxygen atoms in total. The number of aromatic nitrogens is 2. The molecule has 0 aromatic carbocycles. The standard InChI is InChI=1S/C12H16N2O5/c15-10-9(11(16)17)7-14(12(18)13-10)5-6-19-8-3-1-2-4-8/h7-8H,1-6H2,(H,16,17)(H,13,15,18). The minimum absolute atomic E-state index is 0.229. The summed E-state index contributed by atoms with van der Waals surface area (Å²) in [5, 5.41) is 8.81. The molecule has 7 heteroatoms. The molecule has 0 atom stereocenters. The Bertz CT molecular complexity index is 568. The number of ether oxygens (including phenoxy) is 1. The fraction of sp³-hybridized carbons (Fsp3) is 0.583. The normalized spacial score (nSPS) is 15.8. The van der Waals surface area contributed by atoms with Crippen molar-refractivity contribution in [3.8, 4) is 0 Å². The van der Waals surface area contributed by atoms with Gasteiger partial charge < -0.3 is 9.84 Å². The molecule has 2 rings (SSSR count). The van der Waals surface area contributed by atoms with E-state index in [1.165, 1.54) is 0 Å². The van der Waals surface area contributed by atoms with Gasteiger partial charge >= 0.3 is 11.7 Å². The molecule has 0 unspecified atom stereocenters. The van der Waals surface area contributed by atoms with Gasteiger partial charge in [-0.3, -0.25) is 14.3 Å². The summed E-state index contributed by atoms with van der Waals surface area (Å²) in [4.78, 5) is 35.5. The number of carboxylic acid groups (broad SMARTS) is 1. The molecule has 0 spiro atoms. The first-order chi connectivity index (χ1) is 9.08. The van der Waals surface area contributed by atoms with Gasteiger partial charge in [0.2, 0.25) is 0 Å². The molecule has 2 N–H and O–H groups in total. The van der Waals surface area contributed by atoms with Gasteiger partial charge in [0.1, 0.15) is 5.56 Å². The van der Waals surface area contributed by atoms with E-state index in [0.717, 1.165) is 36.4 Å². The first-order valence-electron chi connectivity index (χ1n) is 6.26. The Hall–Kier alpha value is -1.89. The molecule has 19 heavy (non-hydrogen) atoms. The molecule has 1 aromatic heterocycles. The highest BCUT2D eigenvalue weighted by Gasteiger charge is 2.15. The summed E-state index contributed by atoms with van der Waals surface area (Å²) >= 11 is 0. The first kappa shape index (κ1) is 13.5. The van der Waals surface area contributed by atoms with Crippen molar-refractivity contribution in [2.24, 2.45) is 0 Å². The Morgan fingerprint density at radius 1 is 1.42 bits per heavy atom. The minimum Gasteiger partial charge on any atom is -0.477 e. The van der Waals surface area contributed by atoms with E-state index in [9.17, 15) is 14.4 Å². The molecule has 1 saturated carbocycles. The molecule has 1 aromatic rings. The van der Waals surface area contributed by atoms with E-state index >= 15 is 0 Å². The lowest BCUT2D eigenvalue weighted by Gasteiger charge is -2.11. The topological polar surface area (TPSA) is 101 Å². The number of hydrogen-bond donors (Lipinski definition) is 2. The fourth-order valence-corrected chi connectivity index (χ4v) is 2.20. The number of hydrogen-bond acceptors (Lipinski definition) is 4. The second kappa shape index (κ2) is 5.83. The molecule has 0 aliphatic heterocycles. The second-order valence-electron chi connectivity index (χ2n) is 4.58. The van der Waals surface area contributed by atoms with Crippen LogP contribution < -0.4 is 11.2 Å². The zero-order chi connectivity index (χ0) is 13.8. The van der Waals surface area contributed by atoms with Crippen LogP contribution >= 0.6 is 0 Å². The van der Waals surface area contributed by atoms with Gasteiger partial charge in [0.25, 0.3) is 5.56 Å². The predicted molar refractivity (Wildman–Crippen MR) is 66.5 cm³/mol. The Morgan fingerprint density at radius 2 is 2.11 bits per heavy atom. The Morgan fingerprint density at radius 3 is 2.74 bits per heavy atom. The van der Waals surface area contributed by atoms with Crippen molar-refractivity contribution in [1.82, 2.24) is 9.55 Å². The quantitative estimate of drug-likeness (QED) is 0.794. The molecule has 1 heterocycles. The van der Waals surface area contributed by atoms with Crippen LogP contribution in [-0.2, 0) is 11.3 Å². The third kappa shape index (κ3) is 3.31. The van der Waals surface area contributed by atoms with Crippen molar-refractivity contribution in [3.63, 3.8) is 0 Å². The van der Waals surface area contributed by atoms with Crippen molar-refractivity contribution in [2.45, 2.75) is 38.3 Å². The van der Waals surface area contributed by atoms with Crippen LogP contribution in [0.5, 0.6) is 0 Å². The molecular weight excluding hydrogens is 252 g/mol. The van der Waals surface area contributed by atoms with E-state index in [2.05, 4.69) is 0 Å². The third-order valence-electron chi connectivity index (χ3n) is 3.23. The highest BCUT2D eigenvalue weighted by atomic mass is 16.5. The zero-order valence-corrected chi connectivity index (χ0v) is 10.4. The summed E-state index contributed by atoms with van der Waals surface area (Å²) in [6, 6.07) is 0. The van der Waals surface area contributed by atoms with Crippen LogP contribution in [-0.4, -0.2) is 33.3 Å². The van der Waals surface area contributed by atoms with Crippen molar-refractivity contribution in [3.05, 3.63) is 32.6 Å². The van der Waals surface area contributed by atoms with Crippen molar-refractivity contribution < 1.29 is 14.6 Å². The SMILES string of the molecule is O=C(O)c1cn(CCOC2CCCC2)c(=O)[nH]c1=O. The lowest BCUT2D eigenvalue weighted by atomic mass is 10.3. The number of nitrogens with one attached hydrogen (secondary N) is 1. The van der Waals surface area contributed by atoms with E-state index in [0.29, 0.717) is 6.61 Å². The predicted octanol–water partition coefficient (Wildman–Crippen LogP) is 0.194. The molecule has 0 amide bonds. The van der Waals surface area contributed by atoms with E-state index < -0.39 is 22.8 Å². The first-order valence-corrected chi connectivity index (χ1v) is 6.26. The van der Waals surface area contributed by atoms with Crippen LogP contribution in [0.4, 0.5) is 0 Å². The lowest BCUT2D eigenvalue weighted by Crippen LogP contribution is -2.34. The molecule has 1 aliphatic rings. The van der Waals surface area contributed by atoms with Crippen molar-refractivity contribution in [2.75, 3.05) is 6.61 Å². The molecular formula is C12H16N2O5. The van der Waals surface area contributed by atoms with Crippen LogP contribution in [0.25, 0.3) is 0 Å². The van der Waals surface area contributed by atoms with Crippen LogP contribution in [0.3, 0.4) is 0 Å². The van der Waals surface area contributed by atoms with E-state index in [1.807, 2.05) is 4.98 Å². The van der Waals surface area contributed by atoms with Gasteiger partial charge in [-0.05, 0) is 12.8 Å². The second-order valence-corrected chi connectivity index (χ2v) is 4.58. The van der Waals surface area contributed by atoms with Gasteiger partial charge in [-0.2, -0.15) is 0 Å².